The second kappa shape index (κ2) is 5.46. The second-order valence-electron chi connectivity index (χ2n) is 4.82. The van der Waals surface area contributed by atoms with Gasteiger partial charge in [0.1, 0.15) is 0 Å². The van der Waals surface area contributed by atoms with Gasteiger partial charge in [0.15, 0.2) is 0 Å². The van der Waals surface area contributed by atoms with Crippen LogP contribution in [0.2, 0.25) is 0 Å². The van der Waals surface area contributed by atoms with Crippen LogP contribution >= 0.6 is 0 Å². The Kier molecular flexibility index (Phi) is 4.51. The van der Waals surface area contributed by atoms with Gasteiger partial charge in [-0.05, 0) is 25.3 Å². The predicted octanol–water partition coefficient (Wildman–Crippen LogP) is 2.71. The van der Waals surface area contributed by atoms with Crippen molar-refractivity contribution >= 4 is 0 Å². The zero-order valence-corrected chi connectivity index (χ0v) is 10.7. The molecule has 3 atom stereocenters. The van der Waals surface area contributed by atoms with E-state index in [1.165, 1.54) is 11.1 Å². The van der Waals surface area contributed by atoms with Crippen molar-refractivity contribution < 1.29 is 5.11 Å². The van der Waals surface area contributed by atoms with Crippen molar-refractivity contribution in [2.75, 3.05) is 0 Å². The molecule has 16 heavy (non-hydrogen) atoms. The van der Waals surface area contributed by atoms with Gasteiger partial charge in [0.2, 0.25) is 0 Å². The van der Waals surface area contributed by atoms with Gasteiger partial charge in [-0.2, -0.15) is 0 Å². The summed E-state index contributed by atoms with van der Waals surface area (Å²) in [6, 6.07) is 5.95. The highest BCUT2D eigenvalue weighted by molar-refractivity contribution is 5.31. The summed E-state index contributed by atoms with van der Waals surface area (Å²) in [4.78, 5) is 0. The lowest BCUT2D eigenvalue weighted by Gasteiger charge is -2.24. The van der Waals surface area contributed by atoms with Crippen LogP contribution in [0.4, 0.5) is 0 Å². The molecule has 0 radical (unpaired) electrons. The quantitative estimate of drug-likeness (QED) is 0.821. The summed E-state index contributed by atoms with van der Waals surface area (Å²) in [6.45, 7) is 8.22. The Morgan fingerprint density at radius 1 is 1.19 bits per heavy atom. The largest absolute Gasteiger partial charge is 0.391 e. The van der Waals surface area contributed by atoms with Gasteiger partial charge < -0.3 is 10.8 Å². The lowest BCUT2D eigenvalue weighted by atomic mass is 9.90. The molecule has 1 aromatic rings. The summed E-state index contributed by atoms with van der Waals surface area (Å²) in [6.07, 6.45) is 0.478. The monoisotopic (exact) mass is 221 g/mol. The Balaban J connectivity index is 2.91. The minimum absolute atomic E-state index is 0.232. The Morgan fingerprint density at radius 3 is 2.12 bits per heavy atom. The van der Waals surface area contributed by atoms with E-state index in [9.17, 15) is 5.11 Å². The highest BCUT2D eigenvalue weighted by Crippen LogP contribution is 2.23. The molecular formula is C14H23NO. The highest BCUT2D eigenvalue weighted by Gasteiger charge is 2.21. The van der Waals surface area contributed by atoms with E-state index in [0.717, 1.165) is 12.0 Å². The minimum atomic E-state index is -0.466. The average Bonchev–Trinajstić information content (AvgIpc) is 2.24. The SMILES string of the molecule is CCC(C)[C@@H](O)[C@@H](N)c1cc(C)cc(C)c1. The molecule has 0 fully saturated rings. The Bertz CT molecular complexity index is 328. The van der Waals surface area contributed by atoms with Crippen LogP contribution in [0.3, 0.4) is 0 Å². The summed E-state index contributed by atoms with van der Waals surface area (Å²) < 4.78 is 0. The summed E-state index contributed by atoms with van der Waals surface area (Å²) in [5.74, 6) is 0.232. The van der Waals surface area contributed by atoms with Crippen molar-refractivity contribution in [2.45, 2.75) is 46.3 Å². The molecule has 0 bridgehead atoms. The summed E-state index contributed by atoms with van der Waals surface area (Å²) in [5, 5.41) is 10.1. The van der Waals surface area contributed by atoms with Crippen molar-refractivity contribution in [1.29, 1.82) is 0 Å². The molecule has 3 N–H and O–H groups in total. The molecule has 0 saturated heterocycles. The van der Waals surface area contributed by atoms with Gasteiger partial charge in [0.25, 0.3) is 0 Å². The Labute approximate surface area is 98.5 Å². The third kappa shape index (κ3) is 3.06. The van der Waals surface area contributed by atoms with E-state index in [0.29, 0.717) is 0 Å². The van der Waals surface area contributed by atoms with E-state index >= 15 is 0 Å². The number of hydrogen-bond donors (Lipinski definition) is 2. The number of nitrogens with two attached hydrogens (primary N) is 1. The summed E-state index contributed by atoms with van der Waals surface area (Å²) in [5.41, 5.74) is 9.53. The van der Waals surface area contributed by atoms with Crippen LogP contribution in [0.25, 0.3) is 0 Å². The average molecular weight is 221 g/mol. The molecule has 0 spiro atoms. The lowest BCUT2D eigenvalue weighted by Crippen LogP contribution is -2.31. The smallest absolute Gasteiger partial charge is 0.0758 e. The van der Waals surface area contributed by atoms with Gasteiger partial charge in [-0.15, -0.1) is 0 Å². The van der Waals surface area contributed by atoms with Gasteiger partial charge >= 0.3 is 0 Å². The molecular weight excluding hydrogens is 198 g/mol. The number of aliphatic hydroxyl groups is 1. The maximum Gasteiger partial charge on any atom is 0.0758 e. The van der Waals surface area contributed by atoms with Gasteiger partial charge in [-0.25, -0.2) is 0 Å². The number of aryl methyl sites for hydroxylation is 2. The number of aliphatic hydroxyl groups excluding tert-OH is 1. The van der Waals surface area contributed by atoms with Gasteiger partial charge in [-0.3, -0.25) is 0 Å². The first-order valence-electron chi connectivity index (χ1n) is 5.97. The van der Waals surface area contributed by atoms with Crippen molar-refractivity contribution in [3.63, 3.8) is 0 Å². The van der Waals surface area contributed by atoms with Gasteiger partial charge in [0.05, 0.1) is 12.1 Å². The van der Waals surface area contributed by atoms with E-state index in [1.54, 1.807) is 0 Å². The first-order chi connectivity index (χ1) is 7.45. The fourth-order valence-electron chi connectivity index (χ4n) is 1.99. The summed E-state index contributed by atoms with van der Waals surface area (Å²) >= 11 is 0. The number of rotatable bonds is 4. The first-order valence-corrected chi connectivity index (χ1v) is 5.97. The molecule has 1 aromatic carbocycles. The fraction of sp³-hybridized carbons (Fsp3) is 0.571. The zero-order valence-electron chi connectivity index (χ0n) is 10.7. The van der Waals surface area contributed by atoms with E-state index in [-0.39, 0.29) is 12.0 Å². The van der Waals surface area contributed by atoms with Crippen LogP contribution in [-0.4, -0.2) is 11.2 Å². The van der Waals surface area contributed by atoms with Crippen molar-refractivity contribution in [3.8, 4) is 0 Å². The maximum absolute atomic E-state index is 10.1. The van der Waals surface area contributed by atoms with Crippen LogP contribution < -0.4 is 5.73 Å². The molecule has 0 aliphatic heterocycles. The van der Waals surface area contributed by atoms with E-state index in [1.807, 2.05) is 6.92 Å². The Hall–Kier alpha value is -0.860. The van der Waals surface area contributed by atoms with Crippen LogP contribution in [-0.2, 0) is 0 Å². The molecule has 0 saturated carbocycles. The number of hydrogen-bond acceptors (Lipinski definition) is 2. The third-order valence-corrected chi connectivity index (χ3v) is 3.22. The van der Waals surface area contributed by atoms with Gasteiger partial charge in [-0.1, -0.05) is 49.6 Å². The second-order valence-corrected chi connectivity index (χ2v) is 4.82. The number of benzene rings is 1. The highest BCUT2D eigenvalue weighted by atomic mass is 16.3. The standard InChI is InChI=1S/C14H23NO/c1-5-11(4)14(16)13(15)12-7-9(2)6-10(3)8-12/h6-8,11,13-14,16H,5,15H2,1-4H3/t11?,13-,14+/m0/s1. The van der Waals surface area contributed by atoms with Crippen molar-refractivity contribution in [1.82, 2.24) is 0 Å². The first kappa shape index (κ1) is 13.2. The van der Waals surface area contributed by atoms with Crippen LogP contribution in [0.1, 0.15) is 43.0 Å². The van der Waals surface area contributed by atoms with Crippen molar-refractivity contribution in [2.24, 2.45) is 11.7 Å². The third-order valence-electron chi connectivity index (χ3n) is 3.22. The van der Waals surface area contributed by atoms with Crippen LogP contribution in [0, 0.1) is 19.8 Å². The van der Waals surface area contributed by atoms with Crippen molar-refractivity contribution in [3.05, 3.63) is 34.9 Å². The molecule has 0 aliphatic carbocycles. The molecule has 90 valence electrons. The molecule has 0 heterocycles. The van der Waals surface area contributed by atoms with Gasteiger partial charge in [0, 0.05) is 0 Å². The van der Waals surface area contributed by atoms with Crippen LogP contribution in [0.5, 0.6) is 0 Å². The van der Waals surface area contributed by atoms with E-state index in [4.69, 9.17) is 5.73 Å². The molecule has 1 unspecified atom stereocenters. The summed E-state index contributed by atoms with van der Waals surface area (Å²) in [7, 11) is 0. The molecule has 2 heteroatoms. The molecule has 0 amide bonds. The predicted molar refractivity (Wildman–Crippen MR) is 68.3 cm³/mol. The van der Waals surface area contributed by atoms with E-state index in [2.05, 4.69) is 39.0 Å². The Morgan fingerprint density at radius 2 is 1.69 bits per heavy atom. The van der Waals surface area contributed by atoms with E-state index < -0.39 is 6.10 Å². The topological polar surface area (TPSA) is 46.2 Å². The normalized spacial score (nSPS) is 16.9. The molecule has 1 rings (SSSR count). The van der Waals surface area contributed by atoms with Crippen LogP contribution in [0.15, 0.2) is 18.2 Å². The fourth-order valence-corrected chi connectivity index (χ4v) is 1.99. The maximum atomic E-state index is 10.1. The molecule has 0 aromatic heterocycles. The zero-order chi connectivity index (χ0) is 12.3. The molecule has 0 aliphatic rings. The molecule has 2 nitrogen and oxygen atoms in total. The lowest BCUT2D eigenvalue weighted by molar-refractivity contribution is 0.0879. The minimum Gasteiger partial charge on any atom is -0.391 e.